The molecule has 142 valence electrons. The van der Waals surface area contributed by atoms with Crippen LogP contribution in [0.2, 0.25) is 0 Å². The Labute approximate surface area is 163 Å². The average molecular weight is 389 g/mol. The molecule has 1 aromatic heterocycles. The first kappa shape index (κ1) is 20.3. The number of nitrogens with zero attached hydrogens (tertiary/aromatic N) is 4. The number of nitrogens with two attached hydrogens (primary N) is 1. The van der Waals surface area contributed by atoms with Gasteiger partial charge in [0.15, 0.2) is 5.82 Å². The summed E-state index contributed by atoms with van der Waals surface area (Å²) in [6, 6.07) is 14.1. The number of aromatic nitrogens is 4. The molecular weight excluding hydrogens is 368 g/mol. The zero-order chi connectivity index (χ0) is 18.5. The van der Waals surface area contributed by atoms with E-state index in [1.807, 2.05) is 36.4 Å². The number of hydrogen-bond donors (Lipinski definition) is 2. The molecule has 3 aromatic rings. The molecule has 0 fully saturated rings. The van der Waals surface area contributed by atoms with Crippen molar-refractivity contribution in [1.82, 2.24) is 20.2 Å². The normalized spacial score (nSPS) is 11.4. The first-order valence-corrected chi connectivity index (χ1v) is 8.11. The quantitative estimate of drug-likeness (QED) is 0.667. The van der Waals surface area contributed by atoms with E-state index < -0.39 is 6.04 Å². The van der Waals surface area contributed by atoms with Gasteiger partial charge in [0, 0.05) is 5.69 Å². The maximum atomic E-state index is 12.4. The van der Waals surface area contributed by atoms with Crippen LogP contribution in [0.25, 0.3) is 5.69 Å². The van der Waals surface area contributed by atoms with Crippen molar-refractivity contribution in [1.29, 1.82) is 0 Å². The van der Waals surface area contributed by atoms with Crippen LogP contribution >= 0.6 is 12.4 Å². The fourth-order valence-electron chi connectivity index (χ4n) is 2.53. The largest absolute Gasteiger partial charge is 0.497 e. The lowest BCUT2D eigenvalue weighted by molar-refractivity contribution is -0.117. The van der Waals surface area contributed by atoms with E-state index in [0.717, 1.165) is 17.0 Å². The van der Waals surface area contributed by atoms with E-state index in [4.69, 9.17) is 10.5 Å². The number of hydrogen-bond acceptors (Lipinski definition) is 6. The molecule has 1 heterocycles. The van der Waals surface area contributed by atoms with Gasteiger partial charge in [0.1, 0.15) is 5.75 Å². The highest BCUT2D eigenvalue weighted by Gasteiger charge is 2.15. The first-order valence-electron chi connectivity index (χ1n) is 8.11. The number of amides is 1. The van der Waals surface area contributed by atoms with Gasteiger partial charge in [-0.05, 0) is 59.7 Å². The molecule has 27 heavy (non-hydrogen) atoms. The number of anilines is 1. The molecule has 2 aromatic carbocycles. The van der Waals surface area contributed by atoms with Crippen LogP contribution in [0.1, 0.15) is 11.4 Å². The van der Waals surface area contributed by atoms with Crippen LogP contribution in [-0.4, -0.2) is 39.3 Å². The third kappa shape index (κ3) is 5.02. The van der Waals surface area contributed by atoms with Gasteiger partial charge in [-0.3, -0.25) is 4.79 Å². The van der Waals surface area contributed by atoms with Crippen LogP contribution in [-0.2, 0) is 11.2 Å². The van der Waals surface area contributed by atoms with E-state index in [9.17, 15) is 4.79 Å². The second-order valence-corrected chi connectivity index (χ2v) is 5.84. The summed E-state index contributed by atoms with van der Waals surface area (Å²) in [6.45, 7) is 1.80. The first-order chi connectivity index (χ1) is 12.6. The molecule has 0 radical (unpaired) electrons. The summed E-state index contributed by atoms with van der Waals surface area (Å²) in [5, 5.41) is 14.2. The number of benzene rings is 2. The Balaban J connectivity index is 0.00000261. The lowest BCUT2D eigenvalue weighted by atomic mass is 10.1. The van der Waals surface area contributed by atoms with Crippen LogP contribution in [0.3, 0.4) is 0 Å². The Hall–Kier alpha value is -2.97. The minimum Gasteiger partial charge on any atom is -0.497 e. The van der Waals surface area contributed by atoms with Crippen LogP contribution in [0.5, 0.6) is 5.75 Å². The zero-order valence-corrected chi connectivity index (χ0v) is 15.8. The Morgan fingerprint density at radius 1 is 1.26 bits per heavy atom. The number of halogens is 1. The Kier molecular flexibility index (Phi) is 6.86. The number of carbonyl (C=O) groups is 1. The smallest absolute Gasteiger partial charge is 0.241 e. The fourth-order valence-corrected chi connectivity index (χ4v) is 2.53. The van der Waals surface area contributed by atoms with E-state index in [1.54, 1.807) is 30.8 Å². The highest BCUT2D eigenvalue weighted by Crippen LogP contribution is 2.16. The van der Waals surface area contributed by atoms with E-state index in [1.165, 1.54) is 0 Å². The maximum Gasteiger partial charge on any atom is 0.241 e. The summed E-state index contributed by atoms with van der Waals surface area (Å²) in [6.07, 6.45) is 0.432. The van der Waals surface area contributed by atoms with Crippen molar-refractivity contribution in [3.63, 3.8) is 0 Å². The molecule has 9 heteroatoms. The summed E-state index contributed by atoms with van der Waals surface area (Å²) in [5.74, 6) is 1.16. The number of methoxy groups -OCH3 is 1. The van der Waals surface area contributed by atoms with Gasteiger partial charge in [0.05, 0.1) is 18.8 Å². The number of ether oxygens (including phenoxy) is 1. The van der Waals surface area contributed by atoms with Gasteiger partial charge in [-0.25, -0.2) is 0 Å². The van der Waals surface area contributed by atoms with Gasteiger partial charge in [-0.2, -0.15) is 4.68 Å². The van der Waals surface area contributed by atoms with Crippen molar-refractivity contribution < 1.29 is 9.53 Å². The molecule has 0 aliphatic rings. The van der Waals surface area contributed by atoms with Crippen molar-refractivity contribution >= 4 is 24.0 Å². The van der Waals surface area contributed by atoms with E-state index in [-0.39, 0.29) is 18.3 Å². The molecule has 0 unspecified atom stereocenters. The van der Waals surface area contributed by atoms with Gasteiger partial charge < -0.3 is 15.8 Å². The molecule has 0 aliphatic carbocycles. The summed E-state index contributed by atoms with van der Waals surface area (Å²) in [4.78, 5) is 12.4. The lowest BCUT2D eigenvalue weighted by Crippen LogP contribution is -2.37. The Morgan fingerprint density at radius 2 is 2.00 bits per heavy atom. The predicted molar refractivity (Wildman–Crippen MR) is 104 cm³/mol. The Morgan fingerprint density at radius 3 is 2.63 bits per heavy atom. The molecule has 3 N–H and O–H groups in total. The molecular formula is C18H21ClN6O2. The van der Waals surface area contributed by atoms with Crippen molar-refractivity contribution in [2.75, 3.05) is 12.4 Å². The van der Waals surface area contributed by atoms with E-state index in [0.29, 0.717) is 17.9 Å². The molecule has 0 spiro atoms. The van der Waals surface area contributed by atoms with Crippen molar-refractivity contribution in [2.45, 2.75) is 19.4 Å². The monoisotopic (exact) mass is 388 g/mol. The molecule has 0 saturated heterocycles. The molecule has 0 bridgehead atoms. The maximum absolute atomic E-state index is 12.4. The third-order valence-electron chi connectivity index (χ3n) is 3.94. The number of tetrazole rings is 1. The second-order valence-electron chi connectivity index (χ2n) is 5.84. The van der Waals surface area contributed by atoms with Crippen LogP contribution in [0.15, 0.2) is 48.5 Å². The summed E-state index contributed by atoms with van der Waals surface area (Å²) < 4.78 is 6.71. The van der Waals surface area contributed by atoms with Gasteiger partial charge >= 0.3 is 0 Å². The minimum atomic E-state index is -0.665. The number of aryl methyl sites for hydroxylation is 1. The van der Waals surface area contributed by atoms with Crippen LogP contribution in [0, 0.1) is 6.92 Å². The van der Waals surface area contributed by atoms with Gasteiger partial charge in [-0.15, -0.1) is 17.5 Å². The summed E-state index contributed by atoms with van der Waals surface area (Å²) >= 11 is 0. The highest BCUT2D eigenvalue weighted by atomic mass is 35.5. The standard InChI is InChI=1S/C18H20N6O2.ClH/c1-12-21-22-23-24(12)15-5-3-4-14(11-15)20-18(25)17(19)10-13-6-8-16(26-2)9-7-13;/h3-9,11,17H,10,19H2,1-2H3,(H,20,25);1H/t17-;/m0./s1. The summed E-state index contributed by atoms with van der Waals surface area (Å²) in [5.41, 5.74) is 8.40. The van der Waals surface area contributed by atoms with E-state index in [2.05, 4.69) is 20.8 Å². The SMILES string of the molecule is COc1ccc(C[C@H](N)C(=O)Nc2cccc(-n3nnnc3C)c2)cc1.Cl. The molecule has 0 aliphatic heterocycles. The zero-order valence-electron chi connectivity index (χ0n) is 15.0. The third-order valence-corrected chi connectivity index (χ3v) is 3.94. The van der Waals surface area contributed by atoms with Gasteiger partial charge in [0.25, 0.3) is 0 Å². The van der Waals surface area contributed by atoms with Gasteiger partial charge in [-0.1, -0.05) is 18.2 Å². The molecule has 3 rings (SSSR count). The number of nitrogens with one attached hydrogen (secondary N) is 1. The molecule has 1 atom stereocenters. The topological polar surface area (TPSA) is 108 Å². The average Bonchev–Trinajstić information content (AvgIpc) is 3.08. The molecule has 8 nitrogen and oxygen atoms in total. The molecule has 0 saturated carbocycles. The number of carbonyl (C=O) groups excluding carboxylic acids is 1. The van der Waals surface area contributed by atoms with Crippen molar-refractivity contribution in [2.24, 2.45) is 5.73 Å². The summed E-state index contributed by atoms with van der Waals surface area (Å²) in [7, 11) is 1.61. The Bertz CT molecular complexity index is 897. The highest BCUT2D eigenvalue weighted by molar-refractivity contribution is 5.95. The van der Waals surface area contributed by atoms with Crippen molar-refractivity contribution in [3.8, 4) is 11.4 Å². The minimum absolute atomic E-state index is 0. The van der Waals surface area contributed by atoms with Crippen LogP contribution in [0.4, 0.5) is 5.69 Å². The van der Waals surface area contributed by atoms with Crippen molar-refractivity contribution in [3.05, 3.63) is 59.9 Å². The second kappa shape index (κ2) is 9.11. The van der Waals surface area contributed by atoms with Crippen LogP contribution < -0.4 is 15.8 Å². The van der Waals surface area contributed by atoms with E-state index >= 15 is 0 Å². The lowest BCUT2D eigenvalue weighted by Gasteiger charge is -2.13. The fraction of sp³-hybridized carbons (Fsp3) is 0.222. The molecule has 1 amide bonds. The number of rotatable bonds is 6. The van der Waals surface area contributed by atoms with Gasteiger partial charge in [0.2, 0.25) is 5.91 Å². The predicted octanol–water partition coefficient (Wildman–Crippen LogP) is 1.91.